The van der Waals surface area contributed by atoms with Crippen LogP contribution in [-0.4, -0.2) is 22.4 Å². The maximum absolute atomic E-state index is 12.9. The van der Waals surface area contributed by atoms with Gasteiger partial charge in [-0.05, 0) is 73.5 Å². The Kier molecular flexibility index (Phi) is 11.5. The van der Waals surface area contributed by atoms with E-state index in [0.717, 1.165) is 33.6 Å². The van der Waals surface area contributed by atoms with Gasteiger partial charge in [0.1, 0.15) is 11.6 Å². The Morgan fingerprint density at radius 3 is 1.36 bits per heavy atom. The molecule has 6 aromatic rings. The van der Waals surface area contributed by atoms with Crippen molar-refractivity contribution in [2.24, 2.45) is 9.98 Å². The first-order chi connectivity index (χ1) is 21.2. The Balaban J connectivity index is 0.000000200. The van der Waals surface area contributed by atoms with Gasteiger partial charge < -0.3 is 10.2 Å². The van der Waals surface area contributed by atoms with Gasteiger partial charge >= 0.3 is 19.5 Å². The van der Waals surface area contributed by atoms with E-state index < -0.39 is 0 Å². The van der Waals surface area contributed by atoms with Crippen LogP contribution in [0.4, 0.5) is 19.0 Å². The number of halogens is 2. The first kappa shape index (κ1) is 33.5. The van der Waals surface area contributed by atoms with E-state index in [0.29, 0.717) is 21.4 Å². The van der Waals surface area contributed by atoms with Gasteiger partial charge in [0.15, 0.2) is 0 Å². The van der Waals surface area contributed by atoms with E-state index in [4.69, 9.17) is 0 Å². The number of aryl methyl sites for hydroxylation is 2. The fourth-order valence-corrected chi connectivity index (χ4v) is 5.28. The molecule has 6 nitrogen and oxygen atoms in total. The largest absolute Gasteiger partial charge is 2.00 e. The Morgan fingerprint density at radius 1 is 0.600 bits per heavy atom. The fraction of sp³-hybridized carbons (Fsp3) is 0.0588. The molecule has 2 heterocycles. The Morgan fingerprint density at radius 2 is 0.978 bits per heavy atom. The van der Waals surface area contributed by atoms with Crippen LogP contribution in [0.2, 0.25) is 0 Å². The number of rotatable bonds is 6. The number of hydrogen-bond donors (Lipinski definition) is 0. The number of hydrogen-bond acceptors (Lipinski definition) is 8. The van der Waals surface area contributed by atoms with Gasteiger partial charge in [0.25, 0.3) is 0 Å². The zero-order valence-corrected chi connectivity index (χ0v) is 28.9. The average Bonchev–Trinajstić information content (AvgIpc) is 3.70. The topological polar surface area (TPSA) is 96.6 Å². The zero-order valence-electron chi connectivity index (χ0n) is 24.3. The molecule has 0 N–H and O–H groups in total. The molecular formula is C34H24F2N4O2S2Zn. The predicted molar refractivity (Wildman–Crippen MR) is 171 cm³/mol. The minimum absolute atomic E-state index is 0. The molecule has 0 atom stereocenters. The first-order valence-electron chi connectivity index (χ1n) is 13.3. The summed E-state index contributed by atoms with van der Waals surface area (Å²) in [5, 5.41) is 28.2. The van der Waals surface area contributed by atoms with Crippen LogP contribution in [-0.2, 0) is 19.5 Å². The van der Waals surface area contributed by atoms with Crippen molar-refractivity contribution >= 4 is 45.4 Å². The molecular weight excluding hydrogens is 664 g/mol. The van der Waals surface area contributed by atoms with Gasteiger partial charge in [-0.2, -0.15) is 0 Å². The summed E-state index contributed by atoms with van der Waals surface area (Å²) < 4.78 is 25.8. The van der Waals surface area contributed by atoms with Gasteiger partial charge in [0, 0.05) is 34.3 Å². The third-order valence-electron chi connectivity index (χ3n) is 6.22. The molecule has 0 aliphatic rings. The molecule has 0 saturated heterocycles. The second kappa shape index (κ2) is 15.5. The van der Waals surface area contributed by atoms with Gasteiger partial charge in [0.05, 0.1) is 11.4 Å². The Labute approximate surface area is 279 Å². The van der Waals surface area contributed by atoms with E-state index in [1.807, 2.05) is 24.6 Å². The molecule has 0 radical (unpaired) electrons. The van der Waals surface area contributed by atoms with Crippen molar-refractivity contribution in [3.05, 3.63) is 130 Å². The number of aromatic nitrogens is 2. The molecule has 0 aliphatic heterocycles. The van der Waals surface area contributed by atoms with Gasteiger partial charge in [-0.1, -0.05) is 47.5 Å². The van der Waals surface area contributed by atoms with Crippen molar-refractivity contribution < 1.29 is 38.5 Å². The molecule has 0 fully saturated rings. The third kappa shape index (κ3) is 9.28. The van der Waals surface area contributed by atoms with Crippen molar-refractivity contribution in [1.82, 2.24) is 9.97 Å². The summed E-state index contributed by atoms with van der Waals surface area (Å²) in [6.07, 6.45) is 3.06. The number of aliphatic imine (C=N–C) groups is 2. The summed E-state index contributed by atoms with van der Waals surface area (Å²) in [5.74, 6) is -0.686. The minimum Gasteiger partial charge on any atom is -0.872 e. The fourth-order valence-electron chi connectivity index (χ4n) is 3.94. The molecule has 4 aromatic carbocycles. The molecule has 0 amide bonds. The second-order valence-corrected chi connectivity index (χ2v) is 11.3. The summed E-state index contributed by atoms with van der Waals surface area (Å²) in [7, 11) is 0. The predicted octanol–water partition coefficient (Wildman–Crippen LogP) is 8.16. The number of nitrogens with zero attached hydrogens (tertiary/aromatic N) is 4. The van der Waals surface area contributed by atoms with Crippen molar-refractivity contribution in [3.63, 3.8) is 0 Å². The van der Waals surface area contributed by atoms with Gasteiger partial charge in [-0.3, -0.25) is 0 Å². The van der Waals surface area contributed by atoms with Gasteiger partial charge in [-0.25, -0.2) is 28.7 Å². The molecule has 0 bridgehead atoms. The van der Waals surface area contributed by atoms with E-state index in [9.17, 15) is 19.0 Å². The summed E-state index contributed by atoms with van der Waals surface area (Å²) in [6.45, 7) is 3.85. The standard InChI is InChI=1S/2C17H13FN2OS.Zn/c2*1-11-2-7-16(21)13(8-11)9-19-17-20-15(10-22-17)12-3-5-14(18)6-4-12;/h2*2-10,21H,1H3;/q;;+2/p-2/b2*19-9+;. The molecule has 220 valence electrons. The normalized spacial score (nSPS) is 10.9. The molecule has 45 heavy (non-hydrogen) atoms. The van der Waals surface area contributed by atoms with Crippen LogP contribution in [0.25, 0.3) is 22.5 Å². The molecule has 11 heteroatoms. The molecule has 0 saturated carbocycles. The smallest absolute Gasteiger partial charge is 0.872 e. The van der Waals surface area contributed by atoms with Gasteiger partial charge in [0.2, 0.25) is 10.3 Å². The SMILES string of the molecule is Cc1ccc([O-])c(/C=N/c2nc(-c3ccc(F)cc3)cs2)c1.Cc1ccc([O-])c(/C=N/c2nc(-c3ccc(F)cc3)cs2)c1.[Zn+2]. The summed E-state index contributed by atoms with van der Waals surface area (Å²) in [5.41, 5.74) is 6.24. The van der Waals surface area contributed by atoms with Crippen molar-refractivity contribution in [2.45, 2.75) is 13.8 Å². The average molecular weight is 688 g/mol. The molecule has 2 aromatic heterocycles. The van der Waals surface area contributed by atoms with Crippen LogP contribution >= 0.6 is 22.7 Å². The number of benzene rings is 4. The first-order valence-corrected chi connectivity index (χ1v) is 15.1. The summed E-state index contributed by atoms with van der Waals surface area (Å²) in [4.78, 5) is 17.2. The summed E-state index contributed by atoms with van der Waals surface area (Å²) >= 11 is 2.75. The summed E-state index contributed by atoms with van der Waals surface area (Å²) in [6, 6.07) is 22.5. The second-order valence-electron chi connectivity index (χ2n) is 9.64. The molecule has 0 aliphatic carbocycles. The van der Waals surface area contributed by atoms with Crippen molar-refractivity contribution in [2.75, 3.05) is 0 Å². The Hall–Kier alpha value is -4.44. The van der Waals surface area contributed by atoms with E-state index in [1.165, 1.54) is 71.5 Å². The Bertz CT molecular complexity index is 1800. The molecule has 0 spiro atoms. The van der Waals surface area contributed by atoms with Crippen LogP contribution in [0, 0.1) is 25.5 Å². The van der Waals surface area contributed by atoms with Crippen LogP contribution in [0.5, 0.6) is 11.5 Å². The van der Waals surface area contributed by atoms with E-state index in [1.54, 1.807) is 48.5 Å². The monoisotopic (exact) mass is 686 g/mol. The number of thiazole rings is 2. The van der Waals surface area contributed by atoms with Crippen LogP contribution < -0.4 is 10.2 Å². The van der Waals surface area contributed by atoms with Crippen LogP contribution in [0.15, 0.2) is 106 Å². The quantitative estimate of drug-likeness (QED) is 0.130. The molecule has 0 unspecified atom stereocenters. The van der Waals surface area contributed by atoms with Crippen LogP contribution in [0.3, 0.4) is 0 Å². The maximum atomic E-state index is 12.9. The van der Waals surface area contributed by atoms with E-state index >= 15 is 0 Å². The van der Waals surface area contributed by atoms with Gasteiger partial charge in [-0.15, -0.1) is 34.2 Å². The maximum Gasteiger partial charge on any atom is 2.00 e. The van der Waals surface area contributed by atoms with E-state index in [2.05, 4.69) is 20.0 Å². The van der Waals surface area contributed by atoms with Crippen molar-refractivity contribution in [3.8, 4) is 34.0 Å². The molecule has 6 rings (SSSR count). The van der Waals surface area contributed by atoms with E-state index in [-0.39, 0.29) is 42.6 Å². The van der Waals surface area contributed by atoms with Crippen LogP contribution in [0.1, 0.15) is 22.3 Å². The third-order valence-corrected chi connectivity index (χ3v) is 7.72. The zero-order chi connectivity index (χ0) is 31.1. The van der Waals surface area contributed by atoms with Crippen molar-refractivity contribution in [1.29, 1.82) is 0 Å². The minimum atomic E-state index is -0.278.